The highest BCUT2D eigenvalue weighted by molar-refractivity contribution is 6.32. The Bertz CT molecular complexity index is 1260. The van der Waals surface area contributed by atoms with E-state index in [0.717, 1.165) is 48.7 Å². The molecule has 1 aliphatic rings. The second-order valence-corrected chi connectivity index (χ2v) is 8.50. The third-order valence-corrected chi connectivity index (χ3v) is 6.34. The highest BCUT2D eigenvalue weighted by Crippen LogP contribution is 2.38. The van der Waals surface area contributed by atoms with Gasteiger partial charge in [0.2, 0.25) is 0 Å². The van der Waals surface area contributed by atoms with Gasteiger partial charge in [-0.1, -0.05) is 17.7 Å². The average molecular weight is 464 g/mol. The van der Waals surface area contributed by atoms with Crippen molar-refractivity contribution in [3.05, 3.63) is 71.8 Å². The molecule has 1 aromatic carbocycles. The SMILES string of the molecule is COc1cc(OC)c(-c2cn3ccc(N4CCC(NCc5ccccn5)C4)cc3n2)cc1Cl. The standard InChI is InChI=1S/C25H26ClN5O2/c1-32-23-13-24(33-2)21(26)12-20(23)22-16-31-10-7-19(11-25(31)29-22)30-9-6-18(15-30)28-14-17-5-3-4-8-27-17/h3-5,7-8,10-13,16,18,28H,6,9,14-15H2,1-2H3. The van der Waals surface area contributed by atoms with E-state index in [1.807, 2.05) is 41.2 Å². The van der Waals surface area contributed by atoms with Crippen LogP contribution in [-0.2, 0) is 6.54 Å². The molecule has 1 saturated heterocycles. The van der Waals surface area contributed by atoms with E-state index in [1.165, 1.54) is 5.69 Å². The fourth-order valence-electron chi connectivity index (χ4n) is 4.27. The molecule has 4 aromatic rings. The van der Waals surface area contributed by atoms with E-state index in [-0.39, 0.29) is 0 Å². The number of hydrogen-bond acceptors (Lipinski definition) is 6. The van der Waals surface area contributed by atoms with Crippen molar-refractivity contribution in [3.8, 4) is 22.8 Å². The number of ether oxygens (including phenoxy) is 2. The number of imidazole rings is 1. The Morgan fingerprint density at radius 3 is 2.79 bits per heavy atom. The van der Waals surface area contributed by atoms with E-state index in [4.69, 9.17) is 26.1 Å². The zero-order valence-electron chi connectivity index (χ0n) is 18.7. The third kappa shape index (κ3) is 4.47. The maximum absolute atomic E-state index is 6.37. The molecule has 3 aromatic heterocycles. The van der Waals surface area contributed by atoms with Crippen molar-refractivity contribution in [2.75, 3.05) is 32.2 Å². The molecular formula is C25H26ClN5O2. The largest absolute Gasteiger partial charge is 0.496 e. The van der Waals surface area contributed by atoms with Gasteiger partial charge in [0, 0.05) is 67.7 Å². The van der Waals surface area contributed by atoms with E-state index < -0.39 is 0 Å². The van der Waals surface area contributed by atoms with E-state index in [9.17, 15) is 0 Å². The lowest BCUT2D eigenvalue weighted by Gasteiger charge is -2.19. The van der Waals surface area contributed by atoms with Gasteiger partial charge in [-0.2, -0.15) is 0 Å². The first-order valence-corrected chi connectivity index (χ1v) is 11.3. The van der Waals surface area contributed by atoms with Gasteiger partial charge in [-0.15, -0.1) is 0 Å². The molecule has 1 aliphatic heterocycles. The quantitative estimate of drug-likeness (QED) is 0.437. The molecule has 0 bridgehead atoms. The lowest BCUT2D eigenvalue weighted by Crippen LogP contribution is -2.32. The van der Waals surface area contributed by atoms with Crippen LogP contribution in [0.4, 0.5) is 5.69 Å². The number of pyridine rings is 2. The van der Waals surface area contributed by atoms with Crippen molar-refractivity contribution in [1.82, 2.24) is 19.7 Å². The van der Waals surface area contributed by atoms with Crippen molar-refractivity contribution in [1.29, 1.82) is 0 Å². The van der Waals surface area contributed by atoms with Crippen LogP contribution in [0.2, 0.25) is 5.02 Å². The van der Waals surface area contributed by atoms with Crippen LogP contribution in [0.25, 0.3) is 16.9 Å². The van der Waals surface area contributed by atoms with Gasteiger partial charge in [-0.05, 0) is 30.7 Å². The monoisotopic (exact) mass is 463 g/mol. The Kier molecular flexibility index (Phi) is 6.07. The number of rotatable bonds is 7. The summed E-state index contributed by atoms with van der Waals surface area (Å²) in [6, 6.07) is 14.3. The highest BCUT2D eigenvalue weighted by Gasteiger charge is 2.23. The Labute approximate surface area is 197 Å². The topological polar surface area (TPSA) is 63.9 Å². The lowest BCUT2D eigenvalue weighted by atomic mass is 10.1. The van der Waals surface area contributed by atoms with Gasteiger partial charge >= 0.3 is 0 Å². The maximum atomic E-state index is 6.37. The zero-order valence-corrected chi connectivity index (χ0v) is 19.4. The molecular weight excluding hydrogens is 438 g/mol. The van der Waals surface area contributed by atoms with Gasteiger partial charge in [-0.3, -0.25) is 4.98 Å². The molecule has 7 nitrogen and oxygen atoms in total. The van der Waals surface area contributed by atoms with Crippen LogP contribution < -0.4 is 19.7 Å². The molecule has 1 N–H and O–H groups in total. The Balaban J connectivity index is 1.33. The lowest BCUT2D eigenvalue weighted by molar-refractivity contribution is 0.395. The molecule has 1 unspecified atom stereocenters. The number of nitrogens with one attached hydrogen (secondary N) is 1. The van der Waals surface area contributed by atoms with E-state index in [1.54, 1.807) is 20.3 Å². The molecule has 4 heterocycles. The Morgan fingerprint density at radius 2 is 2.00 bits per heavy atom. The number of fused-ring (bicyclic) bond motifs is 1. The second-order valence-electron chi connectivity index (χ2n) is 8.10. The van der Waals surface area contributed by atoms with Crippen LogP contribution >= 0.6 is 11.6 Å². The van der Waals surface area contributed by atoms with E-state index >= 15 is 0 Å². The fraction of sp³-hybridized carbons (Fsp3) is 0.280. The normalized spacial score (nSPS) is 15.8. The summed E-state index contributed by atoms with van der Waals surface area (Å²) >= 11 is 6.37. The van der Waals surface area contributed by atoms with Gasteiger partial charge in [0.05, 0.1) is 30.6 Å². The van der Waals surface area contributed by atoms with Gasteiger partial charge in [-0.25, -0.2) is 4.98 Å². The summed E-state index contributed by atoms with van der Waals surface area (Å²) in [7, 11) is 3.22. The predicted octanol–water partition coefficient (Wildman–Crippen LogP) is 4.44. The van der Waals surface area contributed by atoms with Crippen LogP contribution in [0, 0.1) is 0 Å². The number of methoxy groups -OCH3 is 2. The molecule has 1 fully saturated rings. The van der Waals surface area contributed by atoms with Gasteiger partial charge in [0.1, 0.15) is 17.1 Å². The Morgan fingerprint density at radius 1 is 1.12 bits per heavy atom. The molecule has 0 amide bonds. The first kappa shape index (κ1) is 21.6. The van der Waals surface area contributed by atoms with Crippen LogP contribution in [-0.4, -0.2) is 47.7 Å². The summed E-state index contributed by atoms with van der Waals surface area (Å²) in [5.74, 6) is 1.24. The minimum atomic E-state index is 0.434. The molecule has 5 rings (SSSR count). The molecule has 1 atom stereocenters. The molecule has 0 saturated carbocycles. The summed E-state index contributed by atoms with van der Waals surface area (Å²) < 4.78 is 12.9. The molecule has 0 radical (unpaired) electrons. The highest BCUT2D eigenvalue weighted by atomic mass is 35.5. The van der Waals surface area contributed by atoms with Crippen LogP contribution in [0.3, 0.4) is 0 Å². The zero-order chi connectivity index (χ0) is 22.8. The molecule has 170 valence electrons. The van der Waals surface area contributed by atoms with E-state index in [0.29, 0.717) is 22.6 Å². The summed E-state index contributed by atoms with van der Waals surface area (Å²) in [6.45, 7) is 2.75. The number of aromatic nitrogens is 3. The van der Waals surface area contributed by atoms with Gasteiger partial charge < -0.3 is 24.1 Å². The van der Waals surface area contributed by atoms with Crippen molar-refractivity contribution < 1.29 is 9.47 Å². The third-order valence-electron chi connectivity index (χ3n) is 6.05. The molecule has 0 spiro atoms. The molecule has 33 heavy (non-hydrogen) atoms. The summed E-state index contributed by atoms with van der Waals surface area (Å²) in [6.07, 6.45) is 6.97. The number of nitrogens with zero attached hydrogens (tertiary/aromatic N) is 4. The smallest absolute Gasteiger partial charge is 0.141 e. The molecule has 0 aliphatic carbocycles. The minimum Gasteiger partial charge on any atom is -0.496 e. The first-order chi connectivity index (χ1) is 16.1. The fourth-order valence-corrected chi connectivity index (χ4v) is 4.51. The average Bonchev–Trinajstić information content (AvgIpc) is 3.50. The van der Waals surface area contributed by atoms with E-state index in [2.05, 4.69) is 33.4 Å². The number of halogens is 1. The number of anilines is 1. The second kappa shape index (κ2) is 9.29. The van der Waals surface area contributed by atoms with Gasteiger partial charge in [0.15, 0.2) is 0 Å². The van der Waals surface area contributed by atoms with Crippen LogP contribution in [0.15, 0.2) is 61.1 Å². The predicted molar refractivity (Wildman–Crippen MR) is 130 cm³/mol. The van der Waals surface area contributed by atoms with Gasteiger partial charge in [0.25, 0.3) is 0 Å². The number of benzene rings is 1. The van der Waals surface area contributed by atoms with Crippen molar-refractivity contribution in [3.63, 3.8) is 0 Å². The van der Waals surface area contributed by atoms with Crippen molar-refractivity contribution in [2.24, 2.45) is 0 Å². The molecule has 8 heteroatoms. The maximum Gasteiger partial charge on any atom is 0.141 e. The first-order valence-electron chi connectivity index (χ1n) is 10.9. The summed E-state index contributed by atoms with van der Waals surface area (Å²) in [4.78, 5) is 11.6. The minimum absolute atomic E-state index is 0.434. The summed E-state index contributed by atoms with van der Waals surface area (Å²) in [5.41, 5.74) is 4.73. The van der Waals surface area contributed by atoms with Crippen LogP contribution in [0.5, 0.6) is 11.5 Å². The van der Waals surface area contributed by atoms with Crippen LogP contribution in [0.1, 0.15) is 12.1 Å². The Hall–Kier alpha value is -3.29. The van der Waals surface area contributed by atoms with Crippen molar-refractivity contribution in [2.45, 2.75) is 19.0 Å². The summed E-state index contributed by atoms with van der Waals surface area (Å²) in [5, 5.41) is 4.15. The number of hydrogen-bond donors (Lipinski definition) is 1. The van der Waals surface area contributed by atoms with Crippen molar-refractivity contribution >= 4 is 22.9 Å².